The van der Waals surface area contributed by atoms with Gasteiger partial charge in [0.15, 0.2) is 5.16 Å². The topological polar surface area (TPSA) is 50.2 Å². The van der Waals surface area contributed by atoms with Crippen LogP contribution in [0.1, 0.15) is 11.1 Å². The van der Waals surface area contributed by atoms with Crippen molar-refractivity contribution in [3.05, 3.63) is 44.7 Å². The maximum Gasteiger partial charge on any atom is 0.419 e. The van der Waals surface area contributed by atoms with Crippen LogP contribution in [0.3, 0.4) is 0 Å². The van der Waals surface area contributed by atoms with Crippen molar-refractivity contribution in [3.8, 4) is 0 Å². The van der Waals surface area contributed by atoms with E-state index in [4.69, 9.17) is 34.8 Å². The number of nitrogens with zero attached hydrogens (tertiary/aromatic N) is 3. The summed E-state index contributed by atoms with van der Waals surface area (Å²) < 4.78 is 39.1. The standard InChI is InChI=1S/C13H8Cl3F3N4S/c1-24-12-21-10(15)6(11(16)22-12)5-20-23-8-4-2-3-7(14)9(8)13(17,18)19/h2-5,23H,1H3/b20-5+. The van der Waals surface area contributed by atoms with Crippen molar-refractivity contribution in [2.45, 2.75) is 11.3 Å². The smallest absolute Gasteiger partial charge is 0.278 e. The molecular formula is C13H8Cl3F3N4S. The Hall–Kier alpha value is -1.22. The lowest BCUT2D eigenvalue weighted by Gasteiger charge is -2.13. The van der Waals surface area contributed by atoms with Gasteiger partial charge < -0.3 is 0 Å². The molecule has 1 aromatic heterocycles. The summed E-state index contributed by atoms with van der Waals surface area (Å²) in [6, 6.07) is 3.70. The number of nitrogens with one attached hydrogen (secondary N) is 1. The van der Waals surface area contributed by atoms with Crippen LogP contribution in [-0.4, -0.2) is 22.4 Å². The molecule has 0 saturated carbocycles. The van der Waals surface area contributed by atoms with Crippen molar-refractivity contribution in [1.29, 1.82) is 0 Å². The largest absolute Gasteiger partial charge is 0.419 e. The predicted octanol–water partition coefficient (Wildman–Crippen LogP) is 5.62. The zero-order valence-electron chi connectivity index (χ0n) is 11.8. The third kappa shape index (κ3) is 4.44. The van der Waals surface area contributed by atoms with Gasteiger partial charge in [-0.3, -0.25) is 5.43 Å². The highest BCUT2D eigenvalue weighted by Gasteiger charge is 2.36. The average molecular weight is 416 g/mol. The van der Waals surface area contributed by atoms with Crippen LogP contribution < -0.4 is 5.43 Å². The molecule has 0 radical (unpaired) electrons. The lowest BCUT2D eigenvalue weighted by molar-refractivity contribution is -0.136. The summed E-state index contributed by atoms with van der Waals surface area (Å²) in [5, 5.41) is 3.71. The van der Waals surface area contributed by atoms with E-state index in [9.17, 15) is 13.2 Å². The maximum atomic E-state index is 13.0. The second-order valence-corrected chi connectivity index (χ2v) is 6.13. The van der Waals surface area contributed by atoms with Gasteiger partial charge >= 0.3 is 6.18 Å². The van der Waals surface area contributed by atoms with E-state index in [1.807, 2.05) is 0 Å². The van der Waals surface area contributed by atoms with Gasteiger partial charge in [0, 0.05) is 0 Å². The highest BCUT2D eigenvalue weighted by molar-refractivity contribution is 7.98. The predicted molar refractivity (Wildman–Crippen MR) is 91.5 cm³/mol. The van der Waals surface area contributed by atoms with Crippen LogP contribution in [0, 0.1) is 0 Å². The van der Waals surface area contributed by atoms with Gasteiger partial charge in [-0.1, -0.05) is 52.6 Å². The third-order valence-corrected chi connectivity index (χ3v) is 4.13. The minimum atomic E-state index is -4.63. The Bertz CT molecular complexity index is 761. The fourth-order valence-electron chi connectivity index (χ4n) is 1.67. The van der Waals surface area contributed by atoms with Gasteiger partial charge in [-0.25, -0.2) is 9.97 Å². The van der Waals surface area contributed by atoms with E-state index >= 15 is 0 Å². The molecule has 0 aliphatic heterocycles. The molecule has 4 nitrogen and oxygen atoms in total. The van der Waals surface area contributed by atoms with Crippen molar-refractivity contribution in [2.24, 2.45) is 5.10 Å². The lowest BCUT2D eigenvalue weighted by Crippen LogP contribution is -2.09. The summed E-state index contributed by atoms with van der Waals surface area (Å²) >= 11 is 18.8. The fraction of sp³-hybridized carbons (Fsp3) is 0.154. The van der Waals surface area contributed by atoms with Gasteiger partial charge in [0.1, 0.15) is 10.3 Å². The SMILES string of the molecule is CSc1nc(Cl)c(/C=N/Nc2cccc(Cl)c2C(F)(F)F)c(Cl)n1. The monoisotopic (exact) mass is 414 g/mol. The summed E-state index contributed by atoms with van der Waals surface area (Å²) in [6.07, 6.45) is -1.75. The summed E-state index contributed by atoms with van der Waals surface area (Å²) in [6.45, 7) is 0. The van der Waals surface area contributed by atoms with E-state index in [1.165, 1.54) is 23.9 Å². The molecule has 128 valence electrons. The molecule has 11 heteroatoms. The second-order valence-electron chi connectivity index (χ2n) is 4.24. The Morgan fingerprint density at radius 3 is 2.33 bits per heavy atom. The molecule has 1 aromatic carbocycles. The number of alkyl halides is 3. The van der Waals surface area contributed by atoms with E-state index in [2.05, 4.69) is 20.5 Å². The van der Waals surface area contributed by atoms with Crippen molar-refractivity contribution in [1.82, 2.24) is 9.97 Å². The third-order valence-electron chi connectivity index (χ3n) is 2.69. The van der Waals surface area contributed by atoms with E-state index in [-0.39, 0.29) is 21.6 Å². The first-order valence-corrected chi connectivity index (χ1v) is 8.51. The number of halogens is 6. The number of hydrogen-bond acceptors (Lipinski definition) is 5. The van der Waals surface area contributed by atoms with Crippen molar-refractivity contribution in [2.75, 3.05) is 11.7 Å². The first-order chi connectivity index (χ1) is 11.2. The molecule has 0 bridgehead atoms. The highest BCUT2D eigenvalue weighted by Crippen LogP contribution is 2.39. The van der Waals surface area contributed by atoms with Crippen LogP contribution in [0.15, 0.2) is 28.5 Å². The summed E-state index contributed by atoms with van der Waals surface area (Å²) in [5.41, 5.74) is 1.14. The highest BCUT2D eigenvalue weighted by atomic mass is 35.5. The minimum absolute atomic E-state index is 0.0343. The van der Waals surface area contributed by atoms with Crippen LogP contribution in [0.4, 0.5) is 18.9 Å². The number of aromatic nitrogens is 2. The Balaban J connectivity index is 2.30. The Morgan fingerprint density at radius 1 is 1.17 bits per heavy atom. The molecule has 0 atom stereocenters. The number of thioether (sulfide) groups is 1. The summed E-state index contributed by atoms with van der Waals surface area (Å²) in [5.74, 6) is 0. The molecule has 0 fully saturated rings. The number of hydrogen-bond donors (Lipinski definition) is 1. The first kappa shape index (κ1) is 19.1. The van der Waals surface area contributed by atoms with Gasteiger partial charge in [0.05, 0.1) is 28.1 Å². The molecule has 0 spiro atoms. The van der Waals surface area contributed by atoms with Crippen molar-refractivity contribution < 1.29 is 13.2 Å². The molecule has 0 saturated heterocycles. The van der Waals surface area contributed by atoms with Crippen molar-refractivity contribution in [3.63, 3.8) is 0 Å². The number of hydrazone groups is 1. The van der Waals surface area contributed by atoms with Crippen LogP contribution >= 0.6 is 46.6 Å². The van der Waals surface area contributed by atoms with Crippen LogP contribution in [0.25, 0.3) is 0 Å². The average Bonchev–Trinajstić information content (AvgIpc) is 2.48. The molecule has 24 heavy (non-hydrogen) atoms. The Kier molecular flexibility index (Phi) is 6.19. The zero-order chi connectivity index (χ0) is 17.9. The van der Waals surface area contributed by atoms with E-state index in [0.717, 1.165) is 12.3 Å². The van der Waals surface area contributed by atoms with Gasteiger partial charge in [-0.05, 0) is 18.4 Å². The molecular weight excluding hydrogens is 408 g/mol. The molecule has 0 aliphatic carbocycles. The summed E-state index contributed by atoms with van der Waals surface area (Å²) in [4.78, 5) is 7.92. The summed E-state index contributed by atoms with van der Waals surface area (Å²) in [7, 11) is 0. The second kappa shape index (κ2) is 7.77. The van der Waals surface area contributed by atoms with Crippen molar-refractivity contribution >= 4 is 58.5 Å². The molecule has 1 N–H and O–H groups in total. The normalized spacial score (nSPS) is 12.0. The Labute approximate surface area is 154 Å². The van der Waals surface area contributed by atoms with Crippen LogP contribution in [0.5, 0.6) is 0 Å². The van der Waals surface area contributed by atoms with Crippen LogP contribution in [0.2, 0.25) is 15.3 Å². The molecule has 0 amide bonds. The molecule has 2 aromatic rings. The zero-order valence-corrected chi connectivity index (χ0v) is 14.9. The lowest BCUT2D eigenvalue weighted by atomic mass is 10.2. The first-order valence-electron chi connectivity index (χ1n) is 6.16. The maximum absolute atomic E-state index is 13.0. The van der Waals surface area contributed by atoms with E-state index in [1.54, 1.807) is 6.26 Å². The molecule has 0 aliphatic rings. The van der Waals surface area contributed by atoms with Crippen LogP contribution in [-0.2, 0) is 6.18 Å². The van der Waals surface area contributed by atoms with E-state index in [0.29, 0.717) is 5.16 Å². The van der Waals surface area contributed by atoms with Gasteiger partial charge in [-0.2, -0.15) is 18.3 Å². The number of benzene rings is 1. The molecule has 1 heterocycles. The molecule has 2 rings (SSSR count). The Morgan fingerprint density at radius 2 is 1.79 bits per heavy atom. The minimum Gasteiger partial charge on any atom is -0.278 e. The van der Waals surface area contributed by atoms with Gasteiger partial charge in [0.25, 0.3) is 0 Å². The molecule has 0 unspecified atom stereocenters. The number of rotatable bonds is 4. The number of anilines is 1. The fourth-order valence-corrected chi connectivity index (χ4v) is 2.90. The van der Waals surface area contributed by atoms with Gasteiger partial charge in [-0.15, -0.1) is 0 Å². The quantitative estimate of drug-likeness (QED) is 0.231. The van der Waals surface area contributed by atoms with E-state index < -0.39 is 16.8 Å². The van der Waals surface area contributed by atoms with Gasteiger partial charge in [0.2, 0.25) is 0 Å².